The van der Waals surface area contributed by atoms with Gasteiger partial charge in [-0.2, -0.15) is 5.10 Å². The lowest BCUT2D eigenvalue weighted by Crippen LogP contribution is -2.31. The highest BCUT2D eigenvalue weighted by Crippen LogP contribution is 2.25. The molecule has 0 atom stereocenters. The molecule has 0 radical (unpaired) electrons. The zero-order valence-corrected chi connectivity index (χ0v) is 15.4. The Morgan fingerprint density at radius 2 is 1.88 bits per heavy atom. The Bertz CT molecular complexity index is 1030. The van der Waals surface area contributed by atoms with Crippen molar-refractivity contribution in [3.05, 3.63) is 63.5 Å². The third kappa shape index (κ3) is 3.55. The summed E-state index contributed by atoms with van der Waals surface area (Å²) in [4.78, 5) is 17.0. The van der Waals surface area contributed by atoms with Crippen molar-refractivity contribution in [2.24, 2.45) is 5.10 Å². The van der Waals surface area contributed by atoms with Gasteiger partial charge in [0.2, 0.25) is 5.88 Å². The fourth-order valence-electron chi connectivity index (χ4n) is 2.49. The minimum absolute atomic E-state index is 0.228. The first-order valence-corrected chi connectivity index (χ1v) is 8.44. The Hall–Kier alpha value is -2.86. The van der Waals surface area contributed by atoms with Gasteiger partial charge in [0.05, 0.1) is 16.8 Å². The summed E-state index contributed by atoms with van der Waals surface area (Å²) in [6.07, 6.45) is 2.93. The molecule has 2 N–H and O–H groups in total. The van der Waals surface area contributed by atoms with Gasteiger partial charge >= 0.3 is 0 Å². The van der Waals surface area contributed by atoms with Crippen molar-refractivity contribution in [1.29, 1.82) is 0 Å². The molecule has 134 valence electrons. The van der Waals surface area contributed by atoms with Gasteiger partial charge in [-0.3, -0.25) is 4.79 Å². The lowest BCUT2D eigenvalue weighted by Gasteiger charge is -2.17. The smallest absolute Gasteiger partial charge is 0.267 e. The van der Waals surface area contributed by atoms with Crippen LogP contribution >= 0.6 is 11.6 Å². The summed E-state index contributed by atoms with van der Waals surface area (Å²) in [6.45, 7) is 5.92. The fourth-order valence-corrected chi connectivity index (χ4v) is 2.60. The van der Waals surface area contributed by atoms with Crippen LogP contribution in [-0.2, 0) is 0 Å². The quantitative estimate of drug-likeness (QED) is 0.546. The van der Waals surface area contributed by atoms with E-state index in [1.165, 1.54) is 12.4 Å². The van der Waals surface area contributed by atoms with Gasteiger partial charge in [-0.25, -0.2) is 9.55 Å². The van der Waals surface area contributed by atoms with Crippen molar-refractivity contribution >= 4 is 28.6 Å². The third-order valence-electron chi connectivity index (χ3n) is 3.64. The van der Waals surface area contributed by atoms with Crippen LogP contribution in [0.15, 0.2) is 52.5 Å². The molecule has 0 bridgehead atoms. The second-order valence-corrected chi connectivity index (χ2v) is 7.31. The predicted molar refractivity (Wildman–Crippen MR) is 104 cm³/mol. The highest BCUT2D eigenvalue weighted by Gasteiger charge is 2.17. The molecular formula is C19H19ClN4O2. The van der Waals surface area contributed by atoms with Gasteiger partial charge in [0.25, 0.3) is 5.56 Å². The Balaban J connectivity index is 2.26. The second-order valence-electron chi connectivity index (χ2n) is 6.88. The van der Waals surface area contributed by atoms with Crippen molar-refractivity contribution in [3.63, 3.8) is 0 Å². The van der Waals surface area contributed by atoms with Crippen LogP contribution in [0, 0.1) is 0 Å². The van der Waals surface area contributed by atoms with Gasteiger partial charge in [0, 0.05) is 22.5 Å². The third-order valence-corrected chi connectivity index (χ3v) is 3.86. The average molecular weight is 371 g/mol. The van der Waals surface area contributed by atoms with Crippen LogP contribution < -0.4 is 11.0 Å². The summed E-state index contributed by atoms with van der Waals surface area (Å²) in [5, 5.41) is 16.5. The normalized spacial score (nSPS) is 12.0. The molecule has 0 saturated heterocycles. The summed E-state index contributed by atoms with van der Waals surface area (Å²) >= 11 is 5.87. The zero-order chi connectivity index (χ0) is 18.9. The molecular weight excluding hydrogens is 352 g/mol. The summed E-state index contributed by atoms with van der Waals surface area (Å²) in [5.74, 6) is 0.0454. The minimum atomic E-state index is -0.367. The Kier molecular flexibility index (Phi) is 4.70. The summed E-state index contributed by atoms with van der Waals surface area (Å²) in [5.41, 5.74) is 2.81. The van der Waals surface area contributed by atoms with Gasteiger partial charge in [0.1, 0.15) is 5.82 Å². The fraction of sp³-hybridized carbons (Fsp3) is 0.211. The number of aromatic hydroxyl groups is 1. The number of fused-ring (bicyclic) bond motifs is 1. The molecule has 0 amide bonds. The van der Waals surface area contributed by atoms with Crippen LogP contribution in [0.3, 0.4) is 0 Å². The number of pyridine rings is 2. The minimum Gasteiger partial charge on any atom is -0.494 e. The van der Waals surface area contributed by atoms with E-state index in [9.17, 15) is 9.90 Å². The summed E-state index contributed by atoms with van der Waals surface area (Å²) < 4.78 is 1.15. The molecule has 0 saturated carbocycles. The topological polar surface area (TPSA) is 79.5 Å². The number of rotatable bonds is 3. The maximum Gasteiger partial charge on any atom is 0.267 e. The van der Waals surface area contributed by atoms with Gasteiger partial charge in [-0.1, -0.05) is 29.8 Å². The van der Waals surface area contributed by atoms with Crippen molar-refractivity contribution < 1.29 is 5.11 Å². The van der Waals surface area contributed by atoms with E-state index in [2.05, 4.69) is 15.5 Å². The molecule has 7 heteroatoms. The van der Waals surface area contributed by atoms with E-state index in [-0.39, 0.29) is 22.8 Å². The van der Waals surface area contributed by atoms with E-state index in [1.54, 1.807) is 36.4 Å². The largest absolute Gasteiger partial charge is 0.494 e. The molecule has 1 aromatic carbocycles. The molecule has 0 aliphatic carbocycles. The number of hydrogen-bond donors (Lipinski definition) is 2. The Labute approximate surface area is 155 Å². The van der Waals surface area contributed by atoms with Gasteiger partial charge in [-0.15, -0.1) is 0 Å². The van der Waals surface area contributed by atoms with Crippen LogP contribution in [-0.4, -0.2) is 26.4 Å². The maximum atomic E-state index is 12.9. The molecule has 6 nitrogen and oxygen atoms in total. The molecule has 0 aliphatic rings. The van der Waals surface area contributed by atoms with Crippen LogP contribution in [0.1, 0.15) is 26.3 Å². The molecule has 2 aromatic heterocycles. The van der Waals surface area contributed by atoms with Crippen LogP contribution in [0.4, 0.5) is 0 Å². The van der Waals surface area contributed by atoms with Crippen molar-refractivity contribution in [2.45, 2.75) is 26.3 Å². The number of hydrazone groups is 1. The molecule has 3 aromatic rings. The Morgan fingerprint density at radius 3 is 2.50 bits per heavy atom. The first kappa shape index (κ1) is 17.9. The molecule has 0 fully saturated rings. The van der Waals surface area contributed by atoms with E-state index in [4.69, 9.17) is 11.6 Å². The van der Waals surface area contributed by atoms with Crippen molar-refractivity contribution in [2.75, 3.05) is 0 Å². The predicted octanol–water partition coefficient (Wildman–Crippen LogP) is 3.47. The van der Waals surface area contributed by atoms with Crippen molar-refractivity contribution in [3.8, 4) is 11.7 Å². The molecule has 3 rings (SSSR count). The first-order valence-electron chi connectivity index (χ1n) is 8.07. The van der Waals surface area contributed by atoms with Gasteiger partial charge < -0.3 is 10.5 Å². The van der Waals surface area contributed by atoms with Gasteiger partial charge in [-0.05, 0) is 39.0 Å². The second kappa shape index (κ2) is 6.80. The SMILES string of the molecule is CC(C)(C)N/N=C/c1c(O)n(-c2ccc(Cl)cn2)c(=O)c2ccccc12. The van der Waals surface area contributed by atoms with E-state index < -0.39 is 0 Å². The van der Waals surface area contributed by atoms with Crippen LogP contribution in [0.5, 0.6) is 5.88 Å². The highest BCUT2D eigenvalue weighted by atomic mass is 35.5. The molecule has 0 aliphatic heterocycles. The average Bonchev–Trinajstić information content (AvgIpc) is 2.59. The summed E-state index contributed by atoms with van der Waals surface area (Å²) in [6, 6.07) is 10.2. The first-order chi connectivity index (χ1) is 12.3. The lowest BCUT2D eigenvalue weighted by atomic mass is 10.1. The standard InChI is InChI=1S/C19H19ClN4O2/c1-19(2,3)23-22-11-15-13-6-4-5-7-14(13)17(25)24(18(15)26)16-9-8-12(20)10-21-16/h4-11,23,26H,1-3H3/b22-11+. The van der Waals surface area contributed by atoms with Crippen LogP contribution in [0.2, 0.25) is 5.02 Å². The van der Waals surface area contributed by atoms with Crippen molar-refractivity contribution in [1.82, 2.24) is 15.0 Å². The monoisotopic (exact) mass is 370 g/mol. The molecule has 2 heterocycles. The number of benzene rings is 1. The maximum absolute atomic E-state index is 12.9. The molecule has 26 heavy (non-hydrogen) atoms. The lowest BCUT2D eigenvalue weighted by molar-refractivity contribution is 0.432. The number of halogens is 1. The summed E-state index contributed by atoms with van der Waals surface area (Å²) in [7, 11) is 0. The molecule has 0 unspecified atom stereocenters. The number of aromatic nitrogens is 2. The van der Waals surface area contributed by atoms with E-state index >= 15 is 0 Å². The van der Waals surface area contributed by atoms with E-state index in [0.717, 1.165) is 4.57 Å². The van der Waals surface area contributed by atoms with E-state index in [1.807, 2.05) is 20.8 Å². The van der Waals surface area contributed by atoms with E-state index in [0.29, 0.717) is 21.4 Å². The highest BCUT2D eigenvalue weighted by molar-refractivity contribution is 6.30. The zero-order valence-electron chi connectivity index (χ0n) is 14.7. The Morgan fingerprint density at radius 1 is 1.19 bits per heavy atom. The number of nitrogens with one attached hydrogen (secondary N) is 1. The van der Waals surface area contributed by atoms with Gasteiger partial charge in [0.15, 0.2) is 0 Å². The van der Waals surface area contributed by atoms with Crippen LogP contribution in [0.25, 0.3) is 16.6 Å². The number of hydrogen-bond acceptors (Lipinski definition) is 5. The molecule has 0 spiro atoms. The number of nitrogens with zero attached hydrogens (tertiary/aromatic N) is 3.